The van der Waals surface area contributed by atoms with Crippen LogP contribution in [0.2, 0.25) is 0 Å². The number of benzene rings is 1. The highest BCUT2D eigenvalue weighted by molar-refractivity contribution is 5.96. The predicted octanol–water partition coefficient (Wildman–Crippen LogP) is 2.21. The number of piperidine rings is 1. The summed E-state index contributed by atoms with van der Waals surface area (Å²) in [5.41, 5.74) is 0.859. The van der Waals surface area contributed by atoms with Gasteiger partial charge in [0.05, 0.1) is 0 Å². The van der Waals surface area contributed by atoms with Gasteiger partial charge in [0.25, 0.3) is 5.91 Å². The Bertz CT molecular complexity index is 495. The Morgan fingerprint density at radius 3 is 2.68 bits per heavy atom. The molecule has 1 N–H and O–H groups in total. The van der Waals surface area contributed by atoms with E-state index in [2.05, 4.69) is 0 Å². The van der Waals surface area contributed by atoms with Gasteiger partial charge in [0.1, 0.15) is 11.9 Å². The molecule has 1 amide bonds. The quantitative estimate of drug-likeness (QED) is 0.892. The van der Waals surface area contributed by atoms with Crippen LogP contribution in [0.4, 0.5) is 4.39 Å². The van der Waals surface area contributed by atoms with E-state index in [0.29, 0.717) is 18.5 Å². The van der Waals surface area contributed by atoms with E-state index >= 15 is 0 Å². The molecule has 102 valence electrons. The number of carbonyl (C=O) groups is 2. The van der Waals surface area contributed by atoms with E-state index in [9.17, 15) is 14.0 Å². The van der Waals surface area contributed by atoms with Crippen molar-refractivity contribution in [2.75, 3.05) is 6.54 Å². The molecule has 1 aromatic rings. The average molecular weight is 265 g/mol. The number of likely N-dealkylation sites (tertiary alicyclic amines) is 1. The number of halogens is 1. The fourth-order valence-electron chi connectivity index (χ4n) is 2.46. The van der Waals surface area contributed by atoms with Crippen LogP contribution in [-0.4, -0.2) is 34.5 Å². The van der Waals surface area contributed by atoms with Crippen molar-refractivity contribution < 1.29 is 19.1 Å². The normalized spacial score (nSPS) is 19.3. The standard InChI is InChI=1S/C14H16FNO3/c1-9-6-10(8-11(15)7-9)13(17)16-5-3-2-4-12(16)14(18)19/h6-8,12H,2-5H2,1H3,(H,18,19)/t12-/m1/s1. The molecule has 5 heteroatoms. The zero-order valence-electron chi connectivity index (χ0n) is 10.7. The first-order valence-electron chi connectivity index (χ1n) is 6.30. The van der Waals surface area contributed by atoms with Crippen molar-refractivity contribution in [2.24, 2.45) is 0 Å². The topological polar surface area (TPSA) is 57.6 Å². The fourth-order valence-corrected chi connectivity index (χ4v) is 2.46. The van der Waals surface area contributed by atoms with Crippen molar-refractivity contribution in [3.63, 3.8) is 0 Å². The van der Waals surface area contributed by atoms with Gasteiger partial charge in [-0.25, -0.2) is 9.18 Å². The molecule has 1 heterocycles. The number of hydrogen-bond acceptors (Lipinski definition) is 2. The van der Waals surface area contributed by atoms with Gasteiger partial charge < -0.3 is 10.0 Å². The molecule has 0 aromatic heterocycles. The van der Waals surface area contributed by atoms with Crippen molar-refractivity contribution in [3.05, 3.63) is 35.1 Å². The summed E-state index contributed by atoms with van der Waals surface area (Å²) in [6.45, 7) is 2.11. The summed E-state index contributed by atoms with van der Waals surface area (Å²) >= 11 is 0. The van der Waals surface area contributed by atoms with Crippen molar-refractivity contribution in [2.45, 2.75) is 32.2 Å². The molecule has 0 bridgehead atoms. The molecule has 1 aliphatic heterocycles. The van der Waals surface area contributed by atoms with Crippen molar-refractivity contribution in [1.82, 2.24) is 4.90 Å². The van der Waals surface area contributed by atoms with Crippen LogP contribution < -0.4 is 0 Å². The first-order valence-corrected chi connectivity index (χ1v) is 6.30. The van der Waals surface area contributed by atoms with E-state index in [1.807, 2.05) is 0 Å². The number of aryl methyl sites for hydroxylation is 1. The van der Waals surface area contributed by atoms with Crippen molar-refractivity contribution in [3.8, 4) is 0 Å². The lowest BCUT2D eigenvalue weighted by Gasteiger charge is -2.33. The second-order valence-corrected chi connectivity index (χ2v) is 4.87. The zero-order chi connectivity index (χ0) is 14.0. The Morgan fingerprint density at radius 2 is 2.05 bits per heavy atom. The highest BCUT2D eigenvalue weighted by atomic mass is 19.1. The minimum Gasteiger partial charge on any atom is -0.480 e. The van der Waals surface area contributed by atoms with Crippen LogP contribution in [0.5, 0.6) is 0 Å². The summed E-state index contributed by atoms with van der Waals surface area (Å²) in [6.07, 6.45) is 2.03. The maximum Gasteiger partial charge on any atom is 0.326 e. The van der Waals surface area contributed by atoms with Gasteiger partial charge in [0.2, 0.25) is 0 Å². The maximum absolute atomic E-state index is 13.3. The lowest BCUT2D eigenvalue weighted by Crippen LogP contribution is -2.48. The second-order valence-electron chi connectivity index (χ2n) is 4.87. The third-order valence-electron chi connectivity index (χ3n) is 3.34. The molecule has 1 aromatic carbocycles. The van der Waals surface area contributed by atoms with E-state index < -0.39 is 23.7 Å². The molecule has 1 aliphatic rings. The molecule has 0 unspecified atom stereocenters. The number of carbonyl (C=O) groups excluding carboxylic acids is 1. The number of aliphatic carboxylic acids is 1. The first kappa shape index (κ1) is 13.5. The van der Waals surface area contributed by atoms with Crippen molar-refractivity contribution in [1.29, 1.82) is 0 Å². The average Bonchev–Trinajstić information content (AvgIpc) is 2.36. The highest BCUT2D eigenvalue weighted by Crippen LogP contribution is 2.21. The summed E-state index contributed by atoms with van der Waals surface area (Å²) in [5, 5.41) is 9.15. The SMILES string of the molecule is Cc1cc(F)cc(C(=O)N2CCCC[C@@H]2C(=O)O)c1. The largest absolute Gasteiger partial charge is 0.480 e. The molecular weight excluding hydrogens is 249 g/mol. The Morgan fingerprint density at radius 1 is 1.32 bits per heavy atom. The zero-order valence-corrected chi connectivity index (χ0v) is 10.7. The number of rotatable bonds is 2. The summed E-state index contributed by atoms with van der Waals surface area (Å²) in [6, 6.07) is 3.27. The first-order chi connectivity index (χ1) is 8.99. The summed E-state index contributed by atoms with van der Waals surface area (Å²) in [5.74, 6) is -1.89. The van der Waals surface area contributed by atoms with E-state index in [1.54, 1.807) is 13.0 Å². The van der Waals surface area contributed by atoms with Crippen LogP contribution in [0.3, 0.4) is 0 Å². The van der Waals surface area contributed by atoms with Crippen molar-refractivity contribution >= 4 is 11.9 Å². The summed E-state index contributed by atoms with van der Waals surface area (Å²) in [7, 11) is 0. The molecule has 0 radical (unpaired) electrons. The van der Waals surface area contributed by atoms with E-state index in [1.165, 1.54) is 11.0 Å². The number of carboxylic acids is 1. The Kier molecular flexibility index (Phi) is 3.83. The van der Waals surface area contributed by atoms with E-state index in [-0.39, 0.29) is 5.56 Å². The second kappa shape index (κ2) is 5.38. The smallest absolute Gasteiger partial charge is 0.326 e. The lowest BCUT2D eigenvalue weighted by atomic mass is 10.0. The summed E-state index contributed by atoms with van der Waals surface area (Å²) in [4.78, 5) is 24.8. The molecule has 2 rings (SSSR count). The molecule has 0 saturated carbocycles. The van der Waals surface area contributed by atoms with Gasteiger partial charge in [0.15, 0.2) is 0 Å². The van der Waals surface area contributed by atoms with Crippen LogP contribution in [0.15, 0.2) is 18.2 Å². The molecule has 1 fully saturated rings. The number of hydrogen-bond donors (Lipinski definition) is 1. The fraction of sp³-hybridized carbons (Fsp3) is 0.429. The van der Waals surface area contributed by atoms with Crippen LogP contribution in [-0.2, 0) is 4.79 Å². The minimum atomic E-state index is -0.999. The predicted molar refractivity (Wildman–Crippen MR) is 67.4 cm³/mol. The van der Waals surface area contributed by atoms with E-state index in [0.717, 1.165) is 18.9 Å². The summed E-state index contributed by atoms with van der Waals surface area (Å²) < 4.78 is 13.3. The highest BCUT2D eigenvalue weighted by Gasteiger charge is 2.32. The van der Waals surface area contributed by atoms with Gasteiger partial charge in [-0.2, -0.15) is 0 Å². The van der Waals surface area contributed by atoms with Gasteiger partial charge in [-0.1, -0.05) is 0 Å². The minimum absolute atomic E-state index is 0.214. The Labute approximate surface area is 110 Å². The Hall–Kier alpha value is -1.91. The van der Waals surface area contributed by atoms with Gasteiger partial charge in [-0.3, -0.25) is 4.79 Å². The molecule has 0 spiro atoms. The van der Waals surface area contributed by atoms with Gasteiger partial charge in [0, 0.05) is 12.1 Å². The van der Waals surface area contributed by atoms with Crippen LogP contribution in [0.1, 0.15) is 35.2 Å². The molecular formula is C14H16FNO3. The van der Waals surface area contributed by atoms with Gasteiger partial charge in [-0.05, 0) is 49.9 Å². The lowest BCUT2D eigenvalue weighted by molar-refractivity contribution is -0.143. The van der Waals surface area contributed by atoms with Crippen LogP contribution >= 0.6 is 0 Å². The van der Waals surface area contributed by atoms with Crippen LogP contribution in [0, 0.1) is 12.7 Å². The molecule has 4 nitrogen and oxygen atoms in total. The molecule has 0 aliphatic carbocycles. The van der Waals surface area contributed by atoms with Crippen LogP contribution in [0.25, 0.3) is 0 Å². The number of nitrogens with zero attached hydrogens (tertiary/aromatic N) is 1. The molecule has 1 saturated heterocycles. The number of amides is 1. The van der Waals surface area contributed by atoms with Gasteiger partial charge in [-0.15, -0.1) is 0 Å². The molecule has 1 atom stereocenters. The van der Waals surface area contributed by atoms with Gasteiger partial charge >= 0.3 is 5.97 Å². The third-order valence-corrected chi connectivity index (χ3v) is 3.34. The monoisotopic (exact) mass is 265 g/mol. The number of carboxylic acid groups (broad SMARTS) is 1. The Balaban J connectivity index is 2.28. The maximum atomic E-state index is 13.3. The van der Waals surface area contributed by atoms with E-state index in [4.69, 9.17) is 5.11 Å². The molecule has 19 heavy (non-hydrogen) atoms. The third kappa shape index (κ3) is 2.92.